The Hall–Kier alpha value is -1.63. The number of aliphatic hydroxyl groups is 1. The van der Waals surface area contributed by atoms with Crippen LogP contribution in [0.3, 0.4) is 0 Å². The quantitative estimate of drug-likeness (QED) is 0.525. The van der Waals surface area contributed by atoms with Crippen LogP contribution in [-0.4, -0.2) is 23.0 Å². The highest BCUT2D eigenvalue weighted by atomic mass is 79.9. The molecule has 0 aliphatic carbocycles. The minimum atomic E-state index is -0.675. The topological polar surface area (TPSA) is 71.4 Å². The van der Waals surface area contributed by atoms with Gasteiger partial charge in [0, 0.05) is 20.9 Å². The molecule has 4 nitrogen and oxygen atoms in total. The molecule has 2 rings (SSSR count). The third-order valence-electron chi connectivity index (χ3n) is 2.74. The highest BCUT2D eigenvalue weighted by Crippen LogP contribution is 2.19. The van der Waals surface area contributed by atoms with Gasteiger partial charge in [0.15, 0.2) is 0 Å². The molecule has 0 aliphatic rings. The van der Waals surface area contributed by atoms with E-state index in [1.165, 1.54) is 20.8 Å². The number of Topliss-reactive ketones (excluding diaryl/α,β-unsaturated/α-hetero) is 2. The summed E-state index contributed by atoms with van der Waals surface area (Å²) in [6, 6.07) is 14.5. The van der Waals surface area contributed by atoms with Crippen molar-refractivity contribution >= 4 is 49.7 Å². The fourth-order valence-electron chi connectivity index (χ4n) is 1.62. The van der Waals surface area contributed by atoms with E-state index in [1.807, 2.05) is 24.3 Å². The molecule has 0 spiro atoms. The van der Waals surface area contributed by atoms with Crippen molar-refractivity contribution in [3.05, 3.63) is 68.6 Å². The van der Waals surface area contributed by atoms with Crippen molar-refractivity contribution in [2.24, 2.45) is 0 Å². The van der Waals surface area contributed by atoms with Crippen molar-refractivity contribution in [2.45, 2.75) is 40.7 Å². The summed E-state index contributed by atoms with van der Waals surface area (Å²) in [6.45, 7) is 4.53. The molecule has 1 N–H and O–H groups in total. The molecule has 0 aliphatic heterocycles. The smallest absolute Gasteiger partial charge is 0.150 e. The Balaban J connectivity index is 0. The van der Waals surface area contributed by atoms with E-state index in [0.717, 1.165) is 20.8 Å². The van der Waals surface area contributed by atoms with Crippen molar-refractivity contribution in [3.8, 4) is 0 Å². The lowest BCUT2D eigenvalue weighted by Crippen LogP contribution is -2.02. The first-order valence-electron chi connectivity index (χ1n) is 7.76. The standard InChI is InChI=1S/C10H11BrO2.C7H5BrO.C3H6O.CH4/c1-7(12)6-10(13)8-2-4-9(11)5-3-8;8-7-3-1-6(5-9)2-4-7;1-3(2)4;/h2-5,10,13H,6H2,1H3;1-5H;1-2H3;1H4. The highest BCUT2D eigenvalue weighted by Gasteiger charge is 2.09. The predicted octanol–water partition coefficient (Wildman–Crippen LogP) is 5.95. The highest BCUT2D eigenvalue weighted by molar-refractivity contribution is 9.10. The Morgan fingerprint density at radius 2 is 1.30 bits per heavy atom. The zero-order chi connectivity index (χ0) is 20.1. The Kier molecular flexibility index (Phi) is 15.8. The van der Waals surface area contributed by atoms with E-state index < -0.39 is 6.10 Å². The van der Waals surface area contributed by atoms with E-state index in [-0.39, 0.29) is 25.4 Å². The maximum atomic E-state index is 10.7. The normalized spacial score (nSPS) is 10.0. The fourth-order valence-corrected chi connectivity index (χ4v) is 2.15. The van der Waals surface area contributed by atoms with Gasteiger partial charge in [-0.15, -0.1) is 0 Å². The van der Waals surface area contributed by atoms with Crippen LogP contribution in [0.4, 0.5) is 0 Å². The molecule has 0 bridgehead atoms. The minimum Gasteiger partial charge on any atom is -0.388 e. The molecule has 0 amide bonds. The molecule has 0 saturated carbocycles. The van der Waals surface area contributed by atoms with Crippen molar-refractivity contribution in [1.82, 2.24) is 0 Å². The number of ketones is 2. The van der Waals surface area contributed by atoms with Crippen LogP contribution in [0.2, 0.25) is 0 Å². The largest absolute Gasteiger partial charge is 0.388 e. The summed E-state index contributed by atoms with van der Waals surface area (Å²) in [6.07, 6.45) is 0.333. The van der Waals surface area contributed by atoms with Crippen LogP contribution in [0.15, 0.2) is 57.5 Å². The average Bonchev–Trinajstić information content (AvgIpc) is 2.55. The van der Waals surface area contributed by atoms with E-state index in [0.29, 0.717) is 5.56 Å². The van der Waals surface area contributed by atoms with Gasteiger partial charge in [-0.25, -0.2) is 0 Å². The Labute approximate surface area is 178 Å². The first-order chi connectivity index (χ1) is 12.1. The molecule has 6 heteroatoms. The van der Waals surface area contributed by atoms with E-state index in [4.69, 9.17) is 0 Å². The zero-order valence-electron chi connectivity index (χ0n) is 14.9. The van der Waals surface area contributed by atoms with E-state index in [2.05, 4.69) is 31.9 Å². The van der Waals surface area contributed by atoms with Gasteiger partial charge in [0.25, 0.3) is 0 Å². The number of hydrogen-bond donors (Lipinski definition) is 1. The molecule has 2 aromatic rings. The Morgan fingerprint density at radius 1 is 0.926 bits per heavy atom. The average molecular weight is 502 g/mol. The van der Waals surface area contributed by atoms with Gasteiger partial charge < -0.3 is 9.90 Å². The SMILES string of the molecule is C.CC(=O)CC(O)c1ccc(Br)cc1.CC(C)=O.O=Cc1ccc(Br)cc1. The molecule has 1 atom stereocenters. The van der Waals surface area contributed by atoms with Crippen LogP contribution >= 0.6 is 31.9 Å². The van der Waals surface area contributed by atoms with Crippen LogP contribution in [0, 0.1) is 0 Å². The summed E-state index contributed by atoms with van der Waals surface area (Å²) in [7, 11) is 0. The van der Waals surface area contributed by atoms with Crippen molar-refractivity contribution in [3.63, 3.8) is 0 Å². The second kappa shape index (κ2) is 15.4. The van der Waals surface area contributed by atoms with E-state index in [9.17, 15) is 19.5 Å². The molecule has 0 fully saturated rings. The molecule has 27 heavy (non-hydrogen) atoms. The second-order valence-corrected chi connectivity index (χ2v) is 7.38. The number of halogens is 2. The minimum absolute atomic E-state index is 0. The molecule has 2 aromatic carbocycles. The maximum absolute atomic E-state index is 10.7. The van der Waals surface area contributed by atoms with Crippen LogP contribution in [-0.2, 0) is 9.59 Å². The molecule has 0 saturated heterocycles. The van der Waals surface area contributed by atoms with Crippen LogP contribution in [0.5, 0.6) is 0 Å². The first kappa shape index (κ1) is 27.6. The van der Waals surface area contributed by atoms with Gasteiger partial charge in [0.1, 0.15) is 17.9 Å². The summed E-state index contributed by atoms with van der Waals surface area (Å²) >= 11 is 6.56. The second-order valence-electron chi connectivity index (χ2n) is 5.55. The van der Waals surface area contributed by atoms with Crippen molar-refractivity contribution < 1.29 is 19.5 Å². The summed E-state index contributed by atoms with van der Waals surface area (Å²) in [5, 5.41) is 9.55. The molecule has 0 radical (unpaired) electrons. The van der Waals surface area contributed by atoms with Gasteiger partial charge in [-0.3, -0.25) is 9.59 Å². The number of aliphatic hydroxyl groups excluding tert-OH is 1. The van der Waals surface area contributed by atoms with Gasteiger partial charge in [0.2, 0.25) is 0 Å². The summed E-state index contributed by atoms with van der Waals surface area (Å²) in [5.41, 5.74) is 1.48. The van der Waals surface area contributed by atoms with Gasteiger partial charge >= 0.3 is 0 Å². The molecule has 0 heterocycles. The first-order valence-corrected chi connectivity index (χ1v) is 9.35. The lowest BCUT2D eigenvalue weighted by atomic mass is 10.1. The Bertz CT molecular complexity index is 691. The molecular weight excluding hydrogens is 476 g/mol. The number of carbonyl (C=O) groups excluding carboxylic acids is 3. The number of hydrogen-bond acceptors (Lipinski definition) is 4. The van der Waals surface area contributed by atoms with E-state index in [1.54, 1.807) is 24.3 Å². The molecular formula is C21H26Br2O4. The van der Waals surface area contributed by atoms with Gasteiger partial charge in [-0.2, -0.15) is 0 Å². The number of benzene rings is 2. The zero-order valence-corrected chi connectivity index (χ0v) is 18.1. The summed E-state index contributed by atoms with van der Waals surface area (Å²) in [4.78, 5) is 30.3. The van der Waals surface area contributed by atoms with Crippen LogP contribution < -0.4 is 0 Å². The van der Waals surface area contributed by atoms with Crippen molar-refractivity contribution in [2.75, 3.05) is 0 Å². The van der Waals surface area contributed by atoms with Gasteiger partial charge in [-0.1, -0.05) is 63.6 Å². The summed E-state index contributed by atoms with van der Waals surface area (Å²) < 4.78 is 1.96. The van der Waals surface area contributed by atoms with Crippen LogP contribution in [0.25, 0.3) is 0 Å². The van der Waals surface area contributed by atoms with Crippen LogP contribution in [0.1, 0.15) is 56.6 Å². The Morgan fingerprint density at radius 3 is 1.63 bits per heavy atom. The lowest BCUT2D eigenvalue weighted by molar-refractivity contribution is -0.119. The third kappa shape index (κ3) is 15.2. The fraction of sp³-hybridized carbons (Fsp3) is 0.286. The third-order valence-corrected chi connectivity index (χ3v) is 3.80. The number of carbonyl (C=O) groups is 3. The maximum Gasteiger partial charge on any atom is 0.150 e. The predicted molar refractivity (Wildman–Crippen MR) is 117 cm³/mol. The molecule has 0 aromatic heterocycles. The number of rotatable bonds is 4. The lowest BCUT2D eigenvalue weighted by Gasteiger charge is -2.08. The molecule has 1 unspecified atom stereocenters. The van der Waals surface area contributed by atoms with E-state index >= 15 is 0 Å². The monoisotopic (exact) mass is 500 g/mol. The van der Waals surface area contributed by atoms with Gasteiger partial charge in [-0.05, 0) is 50.6 Å². The number of aldehydes is 1. The molecule has 148 valence electrons. The summed E-state index contributed by atoms with van der Waals surface area (Å²) in [5.74, 6) is 0.162. The van der Waals surface area contributed by atoms with Crippen molar-refractivity contribution in [1.29, 1.82) is 0 Å². The van der Waals surface area contributed by atoms with Gasteiger partial charge in [0.05, 0.1) is 6.10 Å².